The maximum absolute atomic E-state index is 12.0. The van der Waals surface area contributed by atoms with E-state index >= 15 is 0 Å². The topological polar surface area (TPSA) is 73.9 Å². The fourth-order valence-corrected chi connectivity index (χ4v) is 2.26. The van der Waals surface area contributed by atoms with Gasteiger partial charge in [0.1, 0.15) is 5.75 Å². The third kappa shape index (κ3) is 6.00. The normalized spacial score (nSPS) is 17.5. The van der Waals surface area contributed by atoms with Gasteiger partial charge in [0.15, 0.2) is 12.1 Å². The molecule has 1 heterocycles. The largest absolute Gasteiger partial charge is 0.494 e. The number of amides is 1. The van der Waals surface area contributed by atoms with E-state index in [-0.39, 0.29) is 30.8 Å². The average molecular weight is 321 g/mol. The van der Waals surface area contributed by atoms with E-state index in [0.717, 1.165) is 25.0 Å². The Labute approximate surface area is 136 Å². The van der Waals surface area contributed by atoms with Crippen molar-refractivity contribution in [2.45, 2.75) is 45.3 Å². The molecule has 1 fully saturated rings. The molecule has 0 bridgehead atoms. The van der Waals surface area contributed by atoms with Gasteiger partial charge in [-0.15, -0.1) is 0 Å². The summed E-state index contributed by atoms with van der Waals surface area (Å²) in [6.07, 6.45) is 2.65. The van der Waals surface area contributed by atoms with Crippen molar-refractivity contribution in [1.82, 2.24) is 5.48 Å². The molecular weight excluding hydrogens is 298 g/mol. The summed E-state index contributed by atoms with van der Waals surface area (Å²) in [5.74, 6) is 0.318. The number of hydrogen-bond donors (Lipinski definition) is 1. The number of Topliss-reactive ketones (excluding diaryl/α,β-unsaturated/α-hetero) is 1. The van der Waals surface area contributed by atoms with Crippen LogP contribution < -0.4 is 10.2 Å². The van der Waals surface area contributed by atoms with Gasteiger partial charge in [0.2, 0.25) is 5.91 Å². The first-order valence-electron chi connectivity index (χ1n) is 8.01. The van der Waals surface area contributed by atoms with Crippen LogP contribution in [-0.4, -0.2) is 31.2 Å². The Morgan fingerprint density at radius 1 is 1.22 bits per heavy atom. The Hall–Kier alpha value is -1.92. The number of nitrogens with one attached hydrogen (secondary N) is 1. The Morgan fingerprint density at radius 3 is 2.65 bits per heavy atom. The van der Waals surface area contributed by atoms with Crippen molar-refractivity contribution in [2.24, 2.45) is 0 Å². The van der Waals surface area contributed by atoms with E-state index in [1.165, 1.54) is 0 Å². The molecule has 126 valence electrons. The zero-order chi connectivity index (χ0) is 16.5. The lowest BCUT2D eigenvalue weighted by atomic mass is 10.1. The lowest BCUT2D eigenvalue weighted by Gasteiger charge is -2.22. The van der Waals surface area contributed by atoms with Gasteiger partial charge in [0.25, 0.3) is 0 Å². The second-order valence-corrected chi connectivity index (χ2v) is 5.32. The van der Waals surface area contributed by atoms with E-state index in [0.29, 0.717) is 18.8 Å². The second-order valence-electron chi connectivity index (χ2n) is 5.32. The molecule has 0 aliphatic carbocycles. The molecule has 6 heteroatoms. The van der Waals surface area contributed by atoms with Crippen LogP contribution >= 0.6 is 0 Å². The highest BCUT2D eigenvalue weighted by Gasteiger charge is 2.16. The molecule has 1 atom stereocenters. The molecule has 23 heavy (non-hydrogen) atoms. The van der Waals surface area contributed by atoms with Crippen molar-refractivity contribution in [2.75, 3.05) is 13.2 Å². The lowest BCUT2D eigenvalue weighted by molar-refractivity contribution is -0.200. The summed E-state index contributed by atoms with van der Waals surface area (Å²) in [6, 6.07) is 6.91. The number of ketones is 1. The fourth-order valence-electron chi connectivity index (χ4n) is 2.26. The first kappa shape index (κ1) is 17.4. The van der Waals surface area contributed by atoms with E-state index < -0.39 is 0 Å². The zero-order valence-electron chi connectivity index (χ0n) is 13.4. The van der Waals surface area contributed by atoms with Gasteiger partial charge in [-0.3, -0.25) is 9.59 Å². The predicted molar refractivity (Wildman–Crippen MR) is 84.0 cm³/mol. The number of ether oxygens (including phenoxy) is 2. The smallest absolute Gasteiger partial charge is 0.244 e. The molecule has 1 aliphatic heterocycles. The van der Waals surface area contributed by atoms with Gasteiger partial charge in [0, 0.05) is 31.4 Å². The van der Waals surface area contributed by atoms with Crippen molar-refractivity contribution in [3.8, 4) is 5.75 Å². The monoisotopic (exact) mass is 321 g/mol. The van der Waals surface area contributed by atoms with Crippen LogP contribution in [-0.2, 0) is 14.4 Å². The van der Waals surface area contributed by atoms with E-state index in [4.69, 9.17) is 14.3 Å². The van der Waals surface area contributed by atoms with Crippen molar-refractivity contribution < 1.29 is 23.9 Å². The highest BCUT2D eigenvalue weighted by molar-refractivity contribution is 5.97. The third-order valence-electron chi connectivity index (χ3n) is 3.51. The van der Waals surface area contributed by atoms with Crippen molar-refractivity contribution in [3.05, 3.63) is 29.8 Å². The number of benzene rings is 1. The molecule has 0 aromatic heterocycles. The van der Waals surface area contributed by atoms with Gasteiger partial charge in [-0.1, -0.05) is 0 Å². The number of rotatable bonds is 8. The van der Waals surface area contributed by atoms with Crippen LogP contribution in [0.15, 0.2) is 24.3 Å². The van der Waals surface area contributed by atoms with Gasteiger partial charge in [-0.2, -0.15) is 0 Å². The molecule has 1 unspecified atom stereocenters. The predicted octanol–water partition coefficient (Wildman–Crippen LogP) is 2.62. The minimum atomic E-state index is -0.380. The standard InChI is InChI=1S/C17H23NO5/c1-2-21-14-8-6-13(7-9-14)15(19)10-11-16(20)18-23-17-5-3-4-12-22-17/h6-9,17H,2-5,10-12H2,1H3,(H,18,20). The van der Waals surface area contributed by atoms with Crippen molar-refractivity contribution >= 4 is 11.7 Å². The first-order chi connectivity index (χ1) is 11.2. The highest BCUT2D eigenvalue weighted by atomic mass is 16.8. The molecule has 1 saturated heterocycles. The van der Waals surface area contributed by atoms with E-state index in [9.17, 15) is 9.59 Å². The maximum Gasteiger partial charge on any atom is 0.244 e. The van der Waals surface area contributed by atoms with Crippen LogP contribution in [0.4, 0.5) is 0 Å². The molecule has 1 aromatic carbocycles. The molecule has 1 amide bonds. The van der Waals surface area contributed by atoms with Crippen LogP contribution in [0.25, 0.3) is 0 Å². The summed E-state index contributed by atoms with van der Waals surface area (Å²) in [4.78, 5) is 28.9. The zero-order valence-corrected chi connectivity index (χ0v) is 13.4. The van der Waals surface area contributed by atoms with Gasteiger partial charge in [0.05, 0.1) is 6.61 Å². The van der Waals surface area contributed by atoms with Crippen molar-refractivity contribution in [3.63, 3.8) is 0 Å². The molecule has 0 spiro atoms. The molecular formula is C17H23NO5. The summed E-state index contributed by atoms with van der Waals surface area (Å²) in [5, 5.41) is 0. The fraction of sp³-hybridized carbons (Fsp3) is 0.529. The third-order valence-corrected chi connectivity index (χ3v) is 3.51. The second kappa shape index (κ2) is 9.27. The minimum Gasteiger partial charge on any atom is -0.494 e. The van der Waals surface area contributed by atoms with Crippen LogP contribution in [0.5, 0.6) is 5.75 Å². The molecule has 6 nitrogen and oxygen atoms in total. The molecule has 1 N–H and O–H groups in total. The van der Waals surface area contributed by atoms with Crippen LogP contribution in [0.1, 0.15) is 49.4 Å². The van der Waals surface area contributed by atoms with Gasteiger partial charge in [-0.05, 0) is 44.0 Å². The maximum atomic E-state index is 12.0. The summed E-state index contributed by atoms with van der Waals surface area (Å²) in [7, 11) is 0. The minimum absolute atomic E-state index is 0.0821. The average Bonchev–Trinajstić information content (AvgIpc) is 2.59. The van der Waals surface area contributed by atoms with E-state index in [2.05, 4.69) is 5.48 Å². The van der Waals surface area contributed by atoms with Crippen LogP contribution in [0.2, 0.25) is 0 Å². The summed E-state index contributed by atoms with van der Waals surface area (Å²) >= 11 is 0. The highest BCUT2D eigenvalue weighted by Crippen LogP contribution is 2.14. The van der Waals surface area contributed by atoms with E-state index in [1.807, 2.05) is 6.92 Å². The van der Waals surface area contributed by atoms with Gasteiger partial charge < -0.3 is 9.47 Å². The van der Waals surface area contributed by atoms with Gasteiger partial charge >= 0.3 is 0 Å². The van der Waals surface area contributed by atoms with Crippen molar-refractivity contribution in [1.29, 1.82) is 0 Å². The molecule has 2 rings (SSSR count). The number of carbonyl (C=O) groups excluding carboxylic acids is 2. The molecule has 1 aliphatic rings. The number of carbonyl (C=O) groups is 2. The SMILES string of the molecule is CCOc1ccc(C(=O)CCC(=O)NOC2CCCCO2)cc1. The van der Waals surface area contributed by atoms with Crippen LogP contribution in [0, 0.1) is 0 Å². The Bertz CT molecular complexity index is 508. The Kier molecular flexibility index (Phi) is 7.03. The Balaban J connectivity index is 1.69. The number of hydroxylamine groups is 1. The lowest BCUT2D eigenvalue weighted by Crippen LogP contribution is -2.33. The van der Waals surface area contributed by atoms with Crippen LogP contribution in [0.3, 0.4) is 0 Å². The molecule has 0 radical (unpaired) electrons. The Morgan fingerprint density at radius 2 is 2.00 bits per heavy atom. The van der Waals surface area contributed by atoms with E-state index in [1.54, 1.807) is 24.3 Å². The number of hydrogen-bond acceptors (Lipinski definition) is 5. The first-order valence-corrected chi connectivity index (χ1v) is 8.01. The summed E-state index contributed by atoms with van der Waals surface area (Å²) < 4.78 is 10.7. The molecule has 0 saturated carbocycles. The summed E-state index contributed by atoms with van der Waals surface area (Å²) in [6.45, 7) is 3.13. The van der Waals surface area contributed by atoms with Gasteiger partial charge in [-0.25, -0.2) is 10.3 Å². The molecule has 1 aromatic rings. The quantitative estimate of drug-likeness (QED) is 0.588. The summed E-state index contributed by atoms with van der Waals surface area (Å²) in [5.41, 5.74) is 2.92.